The van der Waals surface area contributed by atoms with Gasteiger partial charge in [0.05, 0.1) is 6.61 Å². The number of hydrogen-bond donors (Lipinski definition) is 2. The summed E-state index contributed by atoms with van der Waals surface area (Å²) in [6.07, 6.45) is 1.79. The first-order valence-electron chi connectivity index (χ1n) is 12.6. The summed E-state index contributed by atoms with van der Waals surface area (Å²) in [6, 6.07) is 14.6. The van der Waals surface area contributed by atoms with Crippen LogP contribution in [0.1, 0.15) is 59.9 Å². The third kappa shape index (κ3) is 7.55. The lowest BCUT2D eigenvalue weighted by atomic mass is 10.1. The van der Waals surface area contributed by atoms with E-state index in [0.717, 1.165) is 38.0 Å². The Balaban J connectivity index is 1.24. The average Bonchev–Trinajstić information content (AvgIpc) is 3.67. The Kier molecular flexibility index (Phi) is 7.94. The van der Waals surface area contributed by atoms with Crippen LogP contribution in [0, 0.1) is 5.92 Å². The van der Waals surface area contributed by atoms with Crippen LogP contribution in [0.15, 0.2) is 48.5 Å². The zero-order valence-corrected chi connectivity index (χ0v) is 21.4. The molecule has 0 atom stereocenters. The Morgan fingerprint density at radius 3 is 2.28 bits per heavy atom. The zero-order valence-electron chi connectivity index (χ0n) is 21.4. The molecule has 0 spiro atoms. The van der Waals surface area contributed by atoms with Gasteiger partial charge in [0, 0.05) is 55.1 Å². The van der Waals surface area contributed by atoms with Crippen LogP contribution in [0.3, 0.4) is 0 Å². The summed E-state index contributed by atoms with van der Waals surface area (Å²) >= 11 is 0. The minimum atomic E-state index is -0.461. The van der Waals surface area contributed by atoms with Gasteiger partial charge in [-0.2, -0.15) is 0 Å². The predicted molar refractivity (Wildman–Crippen MR) is 139 cm³/mol. The third-order valence-electron chi connectivity index (χ3n) is 6.27. The number of benzene rings is 2. The standard InChI is InChI=1S/C28H36N4O4/c1-28(2,3)30-25(33)23-6-4-5-21(17-23)18-31-13-15-32(16-14-31)26(34)22-9-11-24(12-10-22)29-27(35)36-19-20-7-8-20/h4-6,9-12,17,20H,7-8,13-16,18-19H2,1-3H3,(H,29,35)(H,30,33). The molecule has 1 aliphatic carbocycles. The summed E-state index contributed by atoms with van der Waals surface area (Å²) in [6.45, 7) is 9.89. The molecule has 0 bridgehead atoms. The fourth-order valence-electron chi connectivity index (χ4n) is 4.10. The number of piperazine rings is 1. The predicted octanol–water partition coefficient (Wildman–Crippen LogP) is 4.13. The van der Waals surface area contributed by atoms with Crippen molar-refractivity contribution in [3.63, 3.8) is 0 Å². The maximum Gasteiger partial charge on any atom is 0.411 e. The van der Waals surface area contributed by atoms with E-state index in [9.17, 15) is 14.4 Å². The van der Waals surface area contributed by atoms with Crippen LogP contribution in [0.5, 0.6) is 0 Å². The second-order valence-corrected chi connectivity index (χ2v) is 10.7. The first-order valence-corrected chi connectivity index (χ1v) is 12.6. The molecule has 36 heavy (non-hydrogen) atoms. The Morgan fingerprint density at radius 1 is 0.944 bits per heavy atom. The molecule has 1 saturated carbocycles. The third-order valence-corrected chi connectivity index (χ3v) is 6.27. The van der Waals surface area contributed by atoms with Crippen LogP contribution < -0.4 is 10.6 Å². The number of nitrogens with one attached hydrogen (secondary N) is 2. The molecule has 2 fully saturated rings. The van der Waals surface area contributed by atoms with Gasteiger partial charge in [0.25, 0.3) is 11.8 Å². The van der Waals surface area contributed by atoms with Crippen molar-refractivity contribution in [2.45, 2.75) is 45.7 Å². The molecule has 2 aromatic carbocycles. The summed E-state index contributed by atoms with van der Waals surface area (Å²) in [4.78, 5) is 41.5. The van der Waals surface area contributed by atoms with Gasteiger partial charge in [-0.05, 0) is 81.5 Å². The Labute approximate surface area is 213 Å². The highest BCUT2D eigenvalue weighted by atomic mass is 16.5. The van der Waals surface area contributed by atoms with Gasteiger partial charge in [0.1, 0.15) is 0 Å². The Bertz CT molecular complexity index is 1080. The van der Waals surface area contributed by atoms with Gasteiger partial charge >= 0.3 is 6.09 Å². The van der Waals surface area contributed by atoms with E-state index >= 15 is 0 Å². The van der Waals surface area contributed by atoms with E-state index < -0.39 is 6.09 Å². The van der Waals surface area contributed by atoms with E-state index in [1.165, 1.54) is 0 Å². The maximum absolute atomic E-state index is 13.0. The van der Waals surface area contributed by atoms with E-state index in [4.69, 9.17) is 4.74 Å². The van der Waals surface area contributed by atoms with Crippen molar-refractivity contribution in [2.24, 2.45) is 5.92 Å². The van der Waals surface area contributed by atoms with Crippen LogP contribution in [0.25, 0.3) is 0 Å². The van der Waals surface area contributed by atoms with Gasteiger partial charge in [0.15, 0.2) is 0 Å². The molecular formula is C28H36N4O4. The molecule has 192 valence electrons. The van der Waals surface area contributed by atoms with E-state index in [1.54, 1.807) is 24.3 Å². The number of anilines is 1. The van der Waals surface area contributed by atoms with Gasteiger partial charge in [-0.3, -0.25) is 19.8 Å². The summed E-state index contributed by atoms with van der Waals surface area (Å²) in [7, 11) is 0. The zero-order chi connectivity index (χ0) is 25.7. The summed E-state index contributed by atoms with van der Waals surface area (Å²) < 4.78 is 5.18. The average molecular weight is 493 g/mol. The highest BCUT2D eigenvalue weighted by Gasteiger charge is 2.24. The van der Waals surface area contributed by atoms with Crippen LogP contribution >= 0.6 is 0 Å². The summed E-state index contributed by atoms with van der Waals surface area (Å²) in [5.74, 6) is 0.427. The normalized spacial score (nSPS) is 16.4. The van der Waals surface area contributed by atoms with E-state index in [0.29, 0.717) is 42.4 Å². The van der Waals surface area contributed by atoms with E-state index in [1.807, 2.05) is 49.9 Å². The molecule has 1 heterocycles. The van der Waals surface area contributed by atoms with E-state index in [-0.39, 0.29) is 17.4 Å². The minimum absolute atomic E-state index is 0.0154. The molecule has 8 nitrogen and oxygen atoms in total. The highest BCUT2D eigenvalue weighted by Crippen LogP contribution is 2.28. The van der Waals surface area contributed by atoms with Crippen LogP contribution in [-0.2, 0) is 11.3 Å². The maximum atomic E-state index is 13.0. The molecule has 2 aliphatic rings. The number of hydrogen-bond acceptors (Lipinski definition) is 5. The summed E-state index contributed by atoms with van der Waals surface area (Å²) in [5.41, 5.74) is 2.66. The number of nitrogens with zero attached hydrogens (tertiary/aromatic N) is 2. The van der Waals surface area contributed by atoms with Crippen LogP contribution in [0.2, 0.25) is 0 Å². The molecule has 2 aromatic rings. The molecular weight excluding hydrogens is 456 g/mol. The molecule has 3 amide bonds. The number of carbonyl (C=O) groups excluding carboxylic acids is 3. The summed E-state index contributed by atoms with van der Waals surface area (Å²) in [5, 5.41) is 5.70. The minimum Gasteiger partial charge on any atom is -0.449 e. The lowest BCUT2D eigenvalue weighted by Gasteiger charge is -2.35. The van der Waals surface area contributed by atoms with Gasteiger partial charge in [-0.25, -0.2) is 4.79 Å². The molecule has 1 saturated heterocycles. The molecule has 2 N–H and O–H groups in total. The molecule has 0 radical (unpaired) electrons. The topological polar surface area (TPSA) is 91.0 Å². The lowest BCUT2D eigenvalue weighted by molar-refractivity contribution is 0.0628. The largest absolute Gasteiger partial charge is 0.449 e. The van der Waals surface area contributed by atoms with Gasteiger partial charge < -0.3 is 15.0 Å². The SMILES string of the molecule is CC(C)(C)NC(=O)c1cccc(CN2CCN(C(=O)c3ccc(NC(=O)OCC4CC4)cc3)CC2)c1. The Hall–Kier alpha value is -3.39. The lowest BCUT2D eigenvalue weighted by Crippen LogP contribution is -2.48. The molecule has 8 heteroatoms. The van der Waals surface area contributed by atoms with Crippen LogP contribution in [-0.4, -0.2) is 66.0 Å². The molecule has 0 aromatic heterocycles. The van der Waals surface area contributed by atoms with Crippen molar-refractivity contribution in [3.8, 4) is 0 Å². The van der Waals surface area contributed by atoms with Crippen molar-refractivity contribution in [1.82, 2.24) is 15.1 Å². The first kappa shape index (κ1) is 25.7. The fourth-order valence-corrected chi connectivity index (χ4v) is 4.10. The monoisotopic (exact) mass is 492 g/mol. The first-order chi connectivity index (χ1) is 17.2. The van der Waals surface area contributed by atoms with Crippen molar-refractivity contribution in [1.29, 1.82) is 0 Å². The molecule has 0 unspecified atom stereocenters. The second kappa shape index (κ2) is 11.1. The smallest absolute Gasteiger partial charge is 0.411 e. The van der Waals surface area contributed by atoms with Crippen molar-refractivity contribution < 1.29 is 19.1 Å². The number of amides is 3. The van der Waals surface area contributed by atoms with Gasteiger partial charge in [-0.15, -0.1) is 0 Å². The number of ether oxygens (including phenoxy) is 1. The highest BCUT2D eigenvalue weighted by molar-refractivity contribution is 5.95. The van der Waals surface area contributed by atoms with Crippen molar-refractivity contribution >= 4 is 23.6 Å². The van der Waals surface area contributed by atoms with Crippen LogP contribution in [0.4, 0.5) is 10.5 Å². The number of carbonyl (C=O) groups is 3. The second-order valence-electron chi connectivity index (χ2n) is 10.7. The van der Waals surface area contributed by atoms with Crippen molar-refractivity contribution in [2.75, 3.05) is 38.1 Å². The van der Waals surface area contributed by atoms with E-state index in [2.05, 4.69) is 15.5 Å². The van der Waals surface area contributed by atoms with Gasteiger partial charge in [-0.1, -0.05) is 12.1 Å². The molecule has 4 rings (SSSR count). The fraction of sp³-hybridized carbons (Fsp3) is 0.464. The van der Waals surface area contributed by atoms with Gasteiger partial charge in [0.2, 0.25) is 0 Å². The van der Waals surface area contributed by atoms with Crippen molar-refractivity contribution in [3.05, 3.63) is 65.2 Å². The molecule has 1 aliphatic heterocycles. The number of rotatable bonds is 7. The quantitative estimate of drug-likeness (QED) is 0.607. The Morgan fingerprint density at radius 2 is 1.64 bits per heavy atom.